The highest BCUT2D eigenvalue weighted by Crippen LogP contribution is 2.37. The Labute approximate surface area is 114 Å². The number of benzene rings is 1. The molecule has 1 aliphatic rings. The van der Waals surface area contributed by atoms with Gasteiger partial charge in [0, 0.05) is 10.6 Å². The molecule has 98 valence electrons. The summed E-state index contributed by atoms with van der Waals surface area (Å²) < 4.78 is 0. The maximum atomic E-state index is 12.8. The number of likely N-dealkylation sites (N-methyl/N-ethyl adjacent to an activating group) is 1. The summed E-state index contributed by atoms with van der Waals surface area (Å²) in [6.07, 6.45) is 4.15. The summed E-state index contributed by atoms with van der Waals surface area (Å²) >= 11 is 6.12. The number of hydrogen-bond acceptors (Lipinski definition) is 2. The molecular weight excluding hydrogens is 246 g/mol. The Morgan fingerprint density at radius 2 is 1.89 bits per heavy atom. The molecule has 0 aliphatic heterocycles. The lowest BCUT2D eigenvalue weighted by Gasteiger charge is -2.34. The van der Waals surface area contributed by atoms with Crippen molar-refractivity contribution < 1.29 is 4.79 Å². The van der Waals surface area contributed by atoms with E-state index >= 15 is 0 Å². The third kappa shape index (κ3) is 2.19. The summed E-state index contributed by atoms with van der Waals surface area (Å²) in [5.74, 6) is 0.215. The van der Waals surface area contributed by atoms with Crippen LogP contribution in [0.15, 0.2) is 18.2 Å². The Morgan fingerprint density at radius 1 is 1.28 bits per heavy atom. The molecule has 0 atom stereocenters. The second-order valence-corrected chi connectivity index (χ2v) is 5.83. The smallest absolute Gasteiger partial charge is 0.183 e. The fourth-order valence-corrected chi connectivity index (χ4v) is 3.02. The van der Waals surface area contributed by atoms with Crippen LogP contribution in [0.5, 0.6) is 0 Å². The van der Waals surface area contributed by atoms with Crippen molar-refractivity contribution in [2.75, 3.05) is 14.1 Å². The molecule has 0 amide bonds. The zero-order valence-electron chi connectivity index (χ0n) is 11.3. The topological polar surface area (TPSA) is 20.3 Å². The average molecular weight is 266 g/mol. The molecule has 0 heterocycles. The van der Waals surface area contributed by atoms with Gasteiger partial charge in [-0.15, -0.1) is 0 Å². The first-order valence-electron chi connectivity index (χ1n) is 6.46. The zero-order chi connectivity index (χ0) is 13.3. The molecule has 2 nitrogen and oxygen atoms in total. The molecule has 1 saturated carbocycles. The average Bonchev–Trinajstić information content (AvgIpc) is 2.82. The highest BCUT2D eigenvalue weighted by atomic mass is 35.5. The van der Waals surface area contributed by atoms with Gasteiger partial charge in [-0.05, 0) is 45.5 Å². The summed E-state index contributed by atoms with van der Waals surface area (Å²) in [7, 11) is 4.00. The molecule has 0 spiro atoms. The Hall–Kier alpha value is -0.860. The molecule has 1 fully saturated rings. The third-order valence-electron chi connectivity index (χ3n) is 4.14. The molecule has 18 heavy (non-hydrogen) atoms. The standard InChI is InChI=1S/C15H20ClNO/c1-11-6-7-12(10-13(11)16)14(18)15(17(2)3)8-4-5-9-15/h6-7,10H,4-5,8-9H2,1-3H3. The highest BCUT2D eigenvalue weighted by Gasteiger charge is 2.43. The van der Waals surface area contributed by atoms with E-state index in [1.54, 1.807) is 0 Å². The van der Waals surface area contributed by atoms with Gasteiger partial charge in [-0.2, -0.15) is 0 Å². The Bertz CT molecular complexity index is 462. The van der Waals surface area contributed by atoms with E-state index in [2.05, 4.69) is 4.90 Å². The molecule has 1 aromatic carbocycles. The molecule has 0 saturated heterocycles. The van der Waals surface area contributed by atoms with Crippen molar-refractivity contribution in [2.24, 2.45) is 0 Å². The zero-order valence-corrected chi connectivity index (χ0v) is 12.0. The lowest BCUT2D eigenvalue weighted by molar-refractivity contribution is 0.0693. The Balaban J connectivity index is 2.37. The molecule has 0 N–H and O–H groups in total. The molecule has 2 rings (SSSR count). The van der Waals surface area contributed by atoms with Gasteiger partial charge in [-0.1, -0.05) is 36.6 Å². The van der Waals surface area contributed by atoms with Gasteiger partial charge in [0.25, 0.3) is 0 Å². The molecular formula is C15H20ClNO. The van der Waals surface area contributed by atoms with Crippen molar-refractivity contribution in [1.82, 2.24) is 4.90 Å². The van der Waals surface area contributed by atoms with Gasteiger partial charge in [0.2, 0.25) is 0 Å². The molecule has 0 radical (unpaired) electrons. The van der Waals surface area contributed by atoms with Crippen LogP contribution >= 0.6 is 11.6 Å². The second kappa shape index (κ2) is 5.02. The van der Waals surface area contributed by atoms with Crippen molar-refractivity contribution in [1.29, 1.82) is 0 Å². The first kappa shape index (κ1) is 13.6. The van der Waals surface area contributed by atoms with Crippen LogP contribution in [-0.2, 0) is 0 Å². The largest absolute Gasteiger partial charge is 0.297 e. The van der Waals surface area contributed by atoms with Crippen LogP contribution in [0.25, 0.3) is 0 Å². The minimum Gasteiger partial charge on any atom is -0.297 e. The van der Waals surface area contributed by atoms with E-state index in [0.29, 0.717) is 5.02 Å². The van der Waals surface area contributed by atoms with E-state index < -0.39 is 0 Å². The van der Waals surface area contributed by atoms with Crippen LogP contribution in [-0.4, -0.2) is 30.3 Å². The number of nitrogens with zero attached hydrogens (tertiary/aromatic N) is 1. The van der Waals surface area contributed by atoms with Gasteiger partial charge in [-0.25, -0.2) is 0 Å². The van der Waals surface area contributed by atoms with E-state index in [1.807, 2.05) is 39.2 Å². The maximum Gasteiger partial charge on any atom is 0.183 e. The summed E-state index contributed by atoms with van der Waals surface area (Å²) in [5.41, 5.74) is 1.43. The van der Waals surface area contributed by atoms with Gasteiger partial charge in [-0.3, -0.25) is 9.69 Å². The maximum absolute atomic E-state index is 12.8. The van der Waals surface area contributed by atoms with E-state index in [9.17, 15) is 4.79 Å². The molecule has 0 bridgehead atoms. The number of Topliss-reactive ketones (excluding diaryl/α,β-unsaturated/α-hetero) is 1. The van der Waals surface area contributed by atoms with Crippen LogP contribution in [0.4, 0.5) is 0 Å². The van der Waals surface area contributed by atoms with Crippen LogP contribution in [0.1, 0.15) is 41.6 Å². The second-order valence-electron chi connectivity index (χ2n) is 5.43. The number of carbonyl (C=O) groups excluding carboxylic acids is 1. The Morgan fingerprint density at radius 3 is 2.39 bits per heavy atom. The van der Waals surface area contributed by atoms with Crippen molar-refractivity contribution in [3.05, 3.63) is 34.3 Å². The monoisotopic (exact) mass is 265 g/mol. The number of ketones is 1. The van der Waals surface area contributed by atoms with E-state index in [4.69, 9.17) is 11.6 Å². The summed E-state index contributed by atoms with van der Waals surface area (Å²) in [6, 6.07) is 5.63. The van der Waals surface area contributed by atoms with Crippen molar-refractivity contribution >= 4 is 17.4 Å². The van der Waals surface area contributed by atoms with Gasteiger partial charge in [0.1, 0.15) is 0 Å². The summed E-state index contributed by atoms with van der Waals surface area (Å²) in [6.45, 7) is 1.95. The van der Waals surface area contributed by atoms with Gasteiger partial charge in [0.05, 0.1) is 5.54 Å². The number of hydrogen-bond donors (Lipinski definition) is 0. The minimum absolute atomic E-state index is 0.215. The number of halogens is 1. The first-order chi connectivity index (χ1) is 8.47. The lowest BCUT2D eigenvalue weighted by Crippen LogP contribution is -2.48. The normalized spacial score (nSPS) is 18.3. The van der Waals surface area contributed by atoms with Crippen LogP contribution in [0.2, 0.25) is 5.02 Å². The van der Waals surface area contributed by atoms with Gasteiger partial charge >= 0.3 is 0 Å². The van der Waals surface area contributed by atoms with Crippen molar-refractivity contribution in [3.63, 3.8) is 0 Å². The summed E-state index contributed by atoms with van der Waals surface area (Å²) in [4.78, 5) is 14.9. The number of carbonyl (C=O) groups is 1. The van der Waals surface area contributed by atoms with Crippen LogP contribution < -0.4 is 0 Å². The number of rotatable bonds is 3. The lowest BCUT2D eigenvalue weighted by atomic mass is 9.86. The van der Waals surface area contributed by atoms with Gasteiger partial charge < -0.3 is 0 Å². The highest BCUT2D eigenvalue weighted by molar-refractivity contribution is 6.31. The predicted molar refractivity (Wildman–Crippen MR) is 75.4 cm³/mol. The minimum atomic E-state index is -0.321. The SMILES string of the molecule is Cc1ccc(C(=O)C2(N(C)C)CCCC2)cc1Cl. The molecule has 3 heteroatoms. The van der Waals surface area contributed by atoms with Crippen molar-refractivity contribution in [3.8, 4) is 0 Å². The Kier molecular flexibility index (Phi) is 3.79. The van der Waals surface area contributed by atoms with E-state index in [-0.39, 0.29) is 11.3 Å². The van der Waals surface area contributed by atoms with Crippen LogP contribution in [0.3, 0.4) is 0 Å². The van der Waals surface area contributed by atoms with E-state index in [1.165, 1.54) is 0 Å². The first-order valence-corrected chi connectivity index (χ1v) is 6.83. The third-order valence-corrected chi connectivity index (χ3v) is 4.55. The fourth-order valence-electron chi connectivity index (χ4n) is 2.84. The van der Waals surface area contributed by atoms with E-state index in [0.717, 1.165) is 36.8 Å². The number of aryl methyl sites for hydroxylation is 1. The van der Waals surface area contributed by atoms with Gasteiger partial charge in [0.15, 0.2) is 5.78 Å². The quantitative estimate of drug-likeness (QED) is 0.777. The molecule has 1 aromatic rings. The van der Waals surface area contributed by atoms with Crippen LogP contribution in [0, 0.1) is 6.92 Å². The fraction of sp³-hybridized carbons (Fsp3) is 0.533. The molecule has 0 aromatic heterocycles. The van der Waals surface area contributed by atoms with Crippen molar-refractivity contribution in [2.45, 2.75) is 38.1 Å². The molecule has 1 aliphatic carbocycles. The molecule has 0 unspecified atom stereocenters. The predicted octanol–water partition coefficient (Wildman–Crippen LogP) is 3.71. The summed E-state index contributed by atoms with van der Waals surface area (Å²) in [5, 5.41) is 0.674.